The van der Waals surface area contributed by atoms with Crippen LogP contribution < -0.4 is 10.9 Å². The van der Waals surface area contributed by atoms with Gasteiger partial charge in [0, 0.05) is 13.6 Å². The Hall–Kier alpha value is -3.16. The minimum Gasteiger partial charge on any atom is -0.352 e. The molecule has 4 rings (SSSR count). The number of imidazole rings is 1. The molecule has 8 nitrogen and oxygen atoms in total. The molecule has 3 aromatic heterocycles. The Balaban J connectivity index is 1.61. The van der Waals surface area contributed by atoms with Gasteiger partial charge in [0.1, 0.15) is 5.52 Å². The zero-order valence-electron chi connectivity index (χ0n) is 11.8. The van der Waals surface area contributed by atoms with Gasteiger partial charge in [-0.1, -0.05) is 6.07 Å². The number of aromatic amines is 2. The van der Waals surface area contributed by atoms with Gasteiger partial charge in [-0.05, 0) is 17.7 Å². The van der Waals surface area contributed by atoms with Crippen LogP contribution in [0, 0.1) is 0 Å². The number of anilines is 1. The van der Waals surface area contributed by atoms with E-state index >= 15 is 0 Å². The number of H-pyrrole nitrogens is 2. The quantitative estimate of drug-likeness (QED) is 0.526. The molecule has 0 unspecified atom stereocenters. The fraction of sp³-hybridized carbons (Fsp3) is 0.143. The summed E-state index contributed by atoms with van der Waals surface area (Å²) in [5.41, 5.74) is 3.78. The zero-order valence-corrected chi connectivity index (χ0v) is 11.8. The Labute approximate surface area is 124 Å². The Morgan fingerprint density at radius 2 is 2.23 bits per heavy atom. The number of nitrogens with one attached hydrogen (secondary N) is 3. The standard InChI is InChI=1S/C14H13N7O/c1-21-12-11(6-18-21)19-14(20-13(12)22)15-5-8-2-3-9-10(4-8)17-7-16-9/h2-4,6-7H,5H2,1H3,(H,16,17)(H2,15,19,20,22). The first-order valence-electron chi connectivity index (χ1n) is 6.78. The van der Waals surface area contributed by atoms with Gasteiger partial charge >= 0.3 is 0 Å². The molecular weight excluding hydrogens is 282 g/mol. The van der Waals surface area contributed by atoms with E-state index in [0.29, 0.717) is 23.5 Å². The first-order valence-corrected chi connectivity index (χ1v) is 6.78. The molecule has 0 amide bonds. The molecule has 0 spiro atoms. The fourth-order valence-electron chi connectivity index (χ4n) is 2.45. The highest BCUT2D eigenvalue weighted by Crippen LogP contribution is 2.13. The normalized spacial score (nSPS) is 11.3. The molecule has 1 aromatic carbocycles. The van der Waals surface area contributed by atoms with Gasteiger partial charge in [-0.15, -0.1) is 0 Å². The Morgan fingerprint density at radius 3 is 3.14 bits per heavy atom. The summed E-state index contributed by atoms with van der Waals surface area (Å²) < 4.78 is 1.51. The van der Waals surface area contributed by atoms with Gasteiger partial charge in [0.15, 0.2) is 5.52 Å². The number of hydrogen-bond donors (Lipinski definition) is 3. The third-order valence-corrected chi connectivity index (χ3v) is 3.54. The average molecular weight is 295 g/mol. The lowest BCUT2D eigenvalue weighted by Gasteiger charge is -2.05. The lowest BCUT2D eigenvalue weighted by Crippen LogP contribution is -2.15. The topological polar surface area (TPSA) is 104 Å². The molecule has 3 heterocycles. The summed E-state index contributed by atoms with van der Waals surface area (Å²) in [4.78, 5) is 26.4. The Kier molecular flexibility index (Phi) is 2.68. The molecule has 0 saturated heterocycles. The molecule has 110 valence electrons. The van der Waals surface area contributed by atoms with Crippen LogP contribution in [-0.2, 0) is 13.6 Å². The first kappa shape index (κ1) is 12.6. The average Bonchev–Trinajstić information content (AvgIpc) is 3.11. The van der Waals surface area contributed by atoms with Gasteiger partial charge in [-0.3, -0.25) is 14.5 Å². The van der Waals surface area contributed by atoms with Crippen LogP contribution in [0.1, 0.15) is 5.56 Å². The third-order valence-electron chi connectivity index (χ3n) is 3.54. The monoisotopic (exact) mass is 295 g/mol. The molecule has 22 heavy (non-hydrogen) atoms. The van der Waals surface area contributed by atoms with E-state index in [1.165, 1.54) is 4.68 Å². The van der Waals surface area contributed by atoms with Crippen LogP contribution in [0.3, 0.4) is 0 Å². The highest BCUT2D eigenvalue weighted by atomic mass is 16.1. The lowest BCUT2D eigenvalue weighted by molar-refractivity contribution is 0.792. The van der Waals surface area contributed by atoms with Crippen molar-refractivity contribution in [3.8, 4) is 0 Å². The number of benzene rings is 1. The number of rotatable bonds is 3. The van der Waals surface area contributed by atoms with E-state index in [2.05, 4.69) is 30.4 Å². The maximum atomic E-state index is 12.0. The van der Waals surface area contributed by atoms with E-state index in [1.807, 2.05) is 18.2 Å². The number of aromatic nitrogens is 6. The van der Waals surface area contributed by atoms with Crippen LogP contribution in [0.2, 0.25) is 0 Å². The third kappa shape index (κ3) is 2.01. The molecule has 0 atom stereocenters. The highest BCUT2D eigenvalue weighted by Gasteiger charge is 2.08. The van der Waals surface area contributed by atoms with Gasteiger partial charge in [-0.2, -0.15) is 5.10 Å². The number of hydrogen-bond acceptors (Lipinski definition) is 5. The van der Waals surface area contributed by atoms with E-state index in [9.17, 15) is 4.79 Å². The van der Waals surface area contributed by atoms with E-state index in [4.69, 9.17) is 0 Å². The number of fused-ring (bicyclic) bond motifs is 2. The van der Waals surface area contributed by atoms with Crippen molar-refractivity contribution in [2.45, 2.75) is 6.54 Å². The van der Waals surface area contributed by atoms with Crippen molar-refractivity contribution in [3.63, 3.8) is 0 Å². The van der Waals surface area contributed by atoms with Crippen molar-refractivity contribution in [2.75, 3.05) is 5.32 Å². The summed E-state index contributed by atoms with van der Waals surface area (Å²) in [6.07, 6.45) is 3.24. The predicted octanol–water partition coefficient (Wildman–Crippen LogP) is 1.14. The van der Waals surface area contributed by atoms with E-state index in [1.54, 1.807) is 19.6 Å². The van der Waals surface area contributed by atoms with E-state index < -0.39 is 0 Å². The SMILES string of the molecule is Cn1ncc2nc(NCc3ccc4nc[nH]c4c3)[nH]c(=O)c21. The van der Waals surface area contributed by atoms with Crippen molar-refractivity contribution in [3.05, 3.63) is 46.6 Å². The van der Waals surface area contributed by atoms with Gasteiger partial charge in [-0.25, -0.2) is 9.97 Å². The largest absolute Gasteiger partial charge is 0.352 e. The summed E-state index contributed by atoms with van der Waals surface area (Å²) in [6, 6.07) is 5.94. The first-order chi connectivity index (χ1) is 10.7. The van der Waals surface area contributed by atoms with E-state index in [-0.39, 0.29) is 5.56 Å². The summed E-state index contributed by atoms with van der Waals surface area (Å²) in [7, 11) is 1.71. The van der Waals surface area contributed by atoms with Gasteiger partial charge < -0.3 is 10.3 Å². The van der Waals surface area contributed by atoms with Crippen LogP contribution in [0.5, 0.6) is 0 Å². The molecular formula is C14H13N7O. The molecule has 8 heteroatoms. The maximum absolute atomic E-state index is 12.0. The molecule has 0 aliphatic rings. The van der Waals surface area contributed by atoms with Gasteiger partial charge in [0.25, 0.3) is 5.56 Å². The molecule has 4 aromatic rings. The van der Waals surface area contributed by atoms with Crippen molar-refractivity contribution < 1.29 is 0 Å². The van der Waals surface area contributed by atoms with Crippen molar-refractivity contribution in [2.24, 2.45) is 7.05 Å². The highest BCUT2D eigenvalue weighted by molar-refractivity contribution is 5.75. The second-order valence-corrected chi connectivity index (χ2v) is 5.02. The Bertz CT molecular complexity index is 1030. The summed E-state index contributed by atoms with van der Waals surface area (Å²) >= 11 is 0. The van der Waals surface area contributed by atoms with Crippen LogP contribution in [0.25, 0.3) is 22.1 Å². The summed E-state index contributed by atoms with van der Waals surface area (Å²) in [5, 5.41) is 7.16. The Morgan fingerprint density at radius 1 is 1.32 bits per heavy atom. The lowest BCUT2D eigenvalue weighted by atomic mass is 10.2. The number of aryl methyl sites for hydroxylation is 1. The van der Waals surface area contributed by atoms with Crippen molar-refractivity contribution in [1.29, 1.82) is 0 Å². The van der Waals surface area contributed by atoms with Crippen molar-refractivity contribution in [1.82, 2.24) is 29.7 Å². The molecule has 0 radical (unpaired) electrons. The summed E-state index contributed by atoms with van der Waals surface area (Å²) in [6.45, 7) is 0.545. The van der Waals surface area contributed by atoms with Crippen LogP contribution in [-0.4, -0.2) is 29.7 Å². The zero-order chi connectivity index (χ0) is 15.1. The molecule has 0 saturated carbocycles. The maximum Gasteiger partial charge on any atom is 0.278 e. The number of nitrogens with zero attached hydrogens (tertiary/aromatic N) is 4. The molecule has 0 bridgehead atoms. The van der Waals surface area contributed by atoms with Gasteiger partial charge in [0.2, 0.25) is 5.95 Å². The smallest absolute Gasteiger partial charge is 0.278 e. The fourth-order valence-corrected chi connectivity index (χ4v) is 2.45. The minimum absolute atomic E-state index is 0.212. The predicted molar refractivity (Wildman–Crippen MR) is 82.6 cm³/mol. The van der Waals surface area contributed by atoms with Crippen LogP contribution >= 0.6 is 0 Å². The minimum atomic E-state index is -0.212. The second-order valence-electron chi connectivity index (χ2n) is 5.02. The molecule has 0 aliphatic heterocycles. The summed E-state index contributed by atoms with van der Waals surface area (Å²) in [5.74, 6) is 0.426. The van der Waals surface area contributed by atoms with Crippen LogP contribution in [0.4, 0.5) is 5.95 Å². The van der Waals surface area contributed by atoms with Crippen molar-refractivity contribution >= 4 is 28.0 Å². The van der Waals surface area contributed by atoms with Gasteiger partial charge in [0.05, 0.1) is 23.6 Å². The second kappa shape index (κ2) is 4.69. The van der Waals surface area contributed by atoms with E-state index in [0.717, 1.165) is 16.6 Å². The molecule has 0 fully saturated rings. The molecule has 3 N–H and O–H groups in total. The molecule has 0 aliphatic carbocycles. The van der Waals surface area contributed by atoms with Crippen LogP contribution in [0.15, 0.2) is 35.5 Å².